The van der Waals surface area contributed by atoms with Crippen molar-refractivity contribution in [3.8, 4) is 0 Å². The number of fused-ring (bicyclic) bond motifs is 1. The molecule has 1 aromatic heterocycles. The summed E-state index contributed by atoms with van der Waals surface area (Å²) in [5.74, 6) is 0. The molecule has 0 unspecified atom stereocenters. The Kier molecular flexibility index (Phi) is 3.28. The molecule has 18 heavy (non-hydrogen) atoms. The van der Waals surface area contributed by atoms with Crippen LogP contribution in [0.1, 0.15) is 27.6 Å². The summed E-state index contributed by atoms with van der Waals surface area (Å²) >= 11 is 10.8. The van der Waals surface area contributed by atoms with Crippen molar-refractivity contribution in [3.05, 3.63) is 33.7 Å². The van der Waals surface area contributed by atoms with E-state index in [1.165, 1.54) is 16.9 Å². The number of rotatable bonds is 3. The number of benzene rings is 1. The fourth-order valence-corrected chi connectivity index (χ4v) is 1.99. The zero-order valence-electron chi connectivity index (χ0n) is 9.20. The maximum atomic E-state index is 11.6. The van der Waals surface area contributed by atoms with Gasteiger partial charge in [-0.1, -0.05) is 0 Å². The lowest BCUT2D eigenvalue weighted by Crippen LogP contribution is -2.01. The Morgan fingerprint density at radius 2 is 1.94 bits per heavy atom. The first kappa shape index (κ1) is 12.9. The largest absolute Gasteiger partial charge is 0.365 e. The van der Waals surface area contributed by atoms with Gasteiger partial charge in [0.25, 0.3) is 10.5 Å². The monoisotopic (exact) mass is 287 g/mol. The Morgan fingerprint density at radius 3 is 2.44 bits per heavy atom. The number of halogens is 2. The van der Waals surface area contributed by atoms with Gasteiger partial charge in [-0.05, 0) is 42.3 Å². The van der Waals surface area contributed by atoms with E-state index in [4.69, 9.17) is 27.7 Å². The maximum absolute atomic E-state index is 11.6. The number of carbonyl (C=O) groups is 2. The van der Waals surface area contributed by atoms with E-state index in [1.54, 1.807) is 6.92 Å². The molecule has 0 spiro atoms. The van der Waals surface area contributed by atoms with Crippen LogP contribution in [-0.2, 0) is 6.54 Å². The number of hydrogen-bond acceptors (Lipinski definition) is 4. The summed E-state index contributed by atoms with van der Waals surface area (Å²) in [6.07, 6.45) is 0. The summed E-state index contributed by atoms with van der Waals surface area (Å²) in [6.45, 7) is 2.09. The molecule has 7 heteroatoms. The Bertz CT molecular complexity index is 714. The smallest absolute Gasteiger partial charge is 0.335 e. The second kappa shape index (κ2) is 4.59. The van der Waals surface area contributed by atoms with Crippen LogP contribution >= 0.6 is 23.2 Å². The Balaban J connectivity index is 2.96. The highest BCUT2D eigenvalue weighted by molar-refractivity contribution is 6.69. The molecule has 94 valence electrons. The fraction of sp³-hybridized carbons (Fsp3) is 0.182. The van der Waals surface area contributed by atoms with E-state index in [0.29, 0.717) is 6.54 Å². The first-order valence-corrected chi connectivity index (χ1v) is 5.78. The highest BCUT2D eigenvalue weighted by Gasteiger charge is 2.19. The lowest BCUT2D eigenvalue weighted by Gasteiger charge is -2.03. The zero-order chi connectivity index (χ0) is 13.4. The number of aryl methyl sites for hydroxylation is 1. The molecule has 0 aliphatic carbocycles. The molecule has 0 aliphatic rings. The van der Waals surface area contributed by atoms with Gasteiger partial charge in [0.05, 0.1) is 17.5 Å². The Hall–Kier alpha value is -1.59. The van der Waals surface area contributed by atoms with Crippen LogP contribution in [0.3, 0.4) is 0 Å². The van der Waals surface area contributed by atoms with Gasteiger partial charge in [-0.3, -0.25) is 9.59 Å². The van der Waals surface area contributed by atoms with Crippen LogP contribution in [0.25, 0.3) is 10.9 Å². The molecule has 1 heterocycles. The van der Waals surface area contributed by atoms with Crippen molar-refractivity contribution < 1.29 is 14.1 Å². The zero-order valence-corrected chi connectivity index (χ0v) is 10.7. The molecule has 0 bridgehead atoms. The average molecular weight is 288 g/mol. The quantitative estimate of drug-likeness (QED) is 0.813. The minimum Gasteiger partial charge on any atom is -0.335 e. The molecule has 2 aromatic rings. The van der Waals surface area contributed by atoms with Crippen molar-refractivity contribution >= 4 is 44.6 Å². The van der Waals surface area contributed by atoms with Gasteiger partial charge in [0.2, 0.25) is 0 Å². The molecule has 0 atom stereocenters. The minimum atomic E-state index is -0.789. The normalized spacial score (nSPS) is 10.8. The van der Waals surface area contributed by atoms with Gasteiger partial charge in [0.15, 0.2) is 0 Å². The summed E-state index contributed by atoms with van der Waals surface area (Å²) < 4.78 is 6.18. The standard InChI is InChI=1S/C11H7Cl2NO4/c1-2-14-8-6(10(13)16)3-5(9(12)15)4-7(8)11(17)18-14/h3-4H,2H2,1H3. The summed E-state index contributed by atoms with van der Waals surface area (Å²) in [6, 6.07) is 2.53. The predicted octanol–water partition coefficient (Wildman–Crippen LogP) is 2.37. The molecular formula is C11H7Cl2NO4. The van der Waals surface area contributed by atoms with Crippen LogP contribution < -0.4 is 5.63 Å². The highest BCUT2D eigenvalue weighted by Crippen LogP contribution is 2.22. The van der Waals surface area contributed by atoms with Crippen molar-refractivity contribution in [2.75, 3.05) is 0 Å². The topological polar surface area (TPSA) is 69.3 Å². The van der Waals surface area contributed by atoms with Crippen LogP contribution in [0, 0.1) is 0 Å². The molecule has 2 rings (SSSR count). The van der Waals surface area contributed by atoms with E-state index in [1.807, 2.05) is 0 Å². The second-order valence-electron chi connectivity index (χ2n) is 3.54. The van der Waals surface area contributed by atoms with Crippen LogP contribution in [0.4, 0.5) is 0 Å². The van der Waals surface area contributed by atoms with Crippen LogP contribution in [0.2, 0.25) is 0 Å². The van der Waals surface area contributed by atoms with Crippen molar-refractivity contribution in [1.82, 2.24) is 4.74 Å². The van der Waals surface area contributed by atoms with Gasteiger partial charge < -0.3 is 4.52 Å². The number of hydrogen-bond donors (Lipinski definition) is 0. The maximum Gasteiger partial charge on any atom is 0.365 e. The number of nitrogens with zero attached hydrogens (tertiary/aromatic N) is 1. The van der Waals surface area contributed by atoms with Gasteiger partial charge in [-0.15, -0.1) is 0 Å². The minimum absolute atomic E-state index is 0.0193. The first-order valence-electron chi connectivity index (χ1n) is 5.03. The molecule has 0 amide bonds. The van der Waals surface area contributed by atoms with Crippen LogP contribution in [-0.4, -0.2) is 15.2 Å². The average Bonchev–Trinajstić information content (AvgIpc) is 2.65. The third-order valence-corrected chi connectivity index (χ3v) is 2.92. The third kappa shape index (κ3) is 1.95. The van der Waals surface area contributed by atoms with E-state index in [0.717, 1.165) is 0 Å². The SMILES string of the molecule is CCn1oc(=O)c2cc(C(=O)Cl)cc(C(=O)Cl)c21. The molecule has 5 nitrogen and oxygen atoms in total. The summed E-state index contributed by atoms with van der Waals surface area (Å²) in [7, 11) is 0. The second-order valence-corrected chi connectivity index (χ2v) is 4.23. The van der Waals surface area contributed by atoms with Crippen LogP contribution in [0.5, 0.6) is 0 Å². The predicted molar refractivity (Wildman–Crippen MR) is 66.5 cm³/mol. The molecular weight excluding hydrogens is 281 g/mol. The lowest BCUT2D eigenvalue weighted by molar-refractivity contribution is 0.108. The molecule has 0 aliphatic heterocycles. The van der Waals surface area contributed by atoms with Crippen molar-refractivity contribution in [3.63, 3.8) is 0 Å². The molecule has 0 saturated carbocycles. The number of carbonyl (C=O) groups excluding carboxylic acids is 2. The Labute approximate surface area is 111 Å². The van der Waals surface area contributed by atoms with E-state index in [-0.39, 0.29) is 22.0 Å². The Morgan fingerprint density at radius 1 is 1.28 bits per heavy atom. The van der Waals surface area contributed by atoms with E-state index in [2.05, 4.69) is 0 Å². The number of aromatic nitrogens is 1. The van der Waals surface area contributed by atoms with Crippen LogP contribution in [0.15, 0.2) is 21.5 Å². The van der Waals surface area contributed by atoms with Crippen molar-refractivity contribution in [2.45, 2.75) is 13.5 Å². The molecule has 0 radical (unpaired) electrons. The first-order chi connectivity index (χ1) is 8.45. The summed E-state index contributed by atoms with van der Waals surface area (Å²) in [4.78, 5) is 34.1. The fourth-order valence-electron chi connectivity index (χ4n) is 1.74. The van der Waals surface area contributed by atoms with E-state index in [9.17, 15) is 14.4 Å². The van der Waals surface area contributed by atoms with E-state index < -0.39 is 16.1 Å². The van der Waals surface area contributed by atoms with Gasteiger partial charge in [0.1, 0.15) is 5.52 Å². The van der Waals surface area contributed by atoms with Crippen molar-refractivity contribution in [1.29, 1.82) is 0 Å². The van der Waals surface area contributed by atoms with Crippen molar-refractivity contribution in [2.24, 2.45) is 0 Å². The molecule has 0 fully saturated rings. The van der Waals surface area contributed by atoms with Gasteiger partial charge in [-0.25, -0.2) is 9.53 Å². The van der Waals surface area contributed by atoms with Gasteiger partial charge in [0, 0.05) is 5.56 Å². The summed E-state index contributed by atoms with van der Waals surface area (Å²) in [5.41, 5.74) is -0.338. The lowest BCUT2D eigenvalue weighted by atomic mass is 10.1. The van der Waals surface area contributed by atoms with Gasteiger partial charge in [-0.2, -0.15) is 0 Å². The molecule has 1 aromatic carbocycles. The van der Waals surface area contributed by atoms with E-state index >= 15 is 0 Å². The summed E-state index contributed by atoms with van der Waals surface area (Å²) in [5, 5.41) is -1.46. The van der Waals surface area contributed by atoms with Gasteiger partial charge >= 0.3 is 5.63 Å². The highest BCUT2D eigenvalue weighted by atomic mass is 35.5. The third-order valence-electron chi connectivity index (χ3n) is 2.50. The molecule has 0 saturated heterocycles. The molecule has 0 N–H and O–H groups in total.